The number of hydrogen-bond acceptors (Lipinski definition) is 3. The van der Waals surface area contributed by atoms with Crippen molar-refractivity contribution in [1.29, 1.82) is 0 Å². The first-order chi connectivity index (χ1) is 10.3. The zero-order valence-electron chi connectivity index (χ0n) is 12.8. The highest BCUT2D eigenvalue weighted by atomic mass is 79.9. The first kappa shape index (κ1) is 15.5. The number of nitrogens with zero attached hydrogens (tertiary/aromatic N) is 1. The lowest BCUT2D eigenvalue weighted by Gasteiger charge is -2.22. The average Bonchev–Trinajstić information content (AvgIpc) is 3.37. The highest BCUT2D eigenvalue weighted by molar-refractivity contribution is 9.10. The lowest BCUT2D eigenvalue weighted by atomic mass is 10.1. The summed E-state index contributed by atoms with van der Waals surface area (Å²) in [5, 5.41) is 3.57. The molecule has 0 atom stereocenters. The van der Waals surface area contributed by atoms with E-state index in [0.29, 0.717) is 0 Å². The normalized spacial score (nSPS) is 18.4. The molecule has 3 nitrogen and oxygen atoms in total. The first-order valence-electron chi connectivity index (χ1n) is 8.00. The van der Waals surface area contributed by atoms with Crippen molar-refractivity contribution in [3.63, 3.8) is 0 Å². The molecular weight excluding hydrogens is 328 g/mol. The van der Waals surface area contributed by atoms with Crippen LogP contribution in [0.2, 0.25) is 0 Å². The van der Waals surface area contributed by atoms with Crippen LogP contribution >= 0.6 is 15.9 Å². The average molecular weight is 353 g/mol. The van der Waals surface area contributed by atoms with Crippen molar-refractivity contribution in [2.45, 2.75) is 50.9 Å². The third-order valence-electron chi connectivity index (χ3n) is 4.31. The zero-order valence-corrected chi connectivity index (χ0v) is 14.4. The van der Waals surface area contributed by atoms with Gasteiger partial charge in [-0.05, 0) is 42.9 Å². The van der Waals surface area contributed by atoms with Gasteiger partial charge in [0.25, 0.3) is 0 Å². The molecule has 1 N–H and O–H groups in total. The molecule has 0 saturated heterocycles. The van der Waals surface area contributed by atoms with Gasteiger partial charge >= 0.3 is 0 Å². The molecule has 3 rings (SSSR count). The van der Waals surface area contributed by atoms with Crippen LogP contribution in [0.3, 0.4) is 0 Å². The van der Waals surface area contributed by atoms with E-state index in [0.717, 1.165) is 38.3 Å². The fraction of sp³-hybridized carbons (Fsp3) is 0.647. The Morgan fingerprint density at radius 1 is 1.29 bits per heavy atom. The molecule has 2 saturated carbocycles. The van der Waals surface area contributed by atoms with Crippen LogP contribution in [-0.4, -0.2) is 37.2 Å². The van der Waals surface area contributed by atoms with Gasteiger partial charge in [0.2, 0.25) is 0 Å². The van der Waals surface area contributed by atoms with Gasteiger partial charge in [0, 0.05) is 43.3 Å². The van der Waals surface area contributed by atoms with Crippen LogP contribution in [0.1, 0.15) is 36.8 Å². The number of rotatable bonds is 9. The zero-order chi connectivity index (χ0) is 14.7. The quantitative estimate of drug-likeness (QED) is 0.737. The molecule has 2 aliphatic rings. The van der Waals surface area contributed by atoms with E-state index in [2.05, 4.69) is 44.3 Å². The van der Waals surface area contributed by atoms with Gasteiger partial charge in [-0.2, -0.15) is 0 Å². The lowest BCUT2D eigenvalue weighted by Crippen LogP contribution is -2.29. The second-order valence-corrected chi connectivity index (χ2v) is 7.13. The fourth-order valence-electron chi connectivity index (χ4n) is 2.64. The highest BCUT2D eigenvalue weighted by Gasteiger charge is 2.28. The summed E-state index contributed by atoms with van der Waals surface area (Å²) >= 11 is 3.75. The minimum atomic E-state index is 0.767. The number of halogens is 1. The number of nitrogens with one attached hydrogen (secondary N) is 1. The first-order valence-corrected chi connectivity index (χ1v) is 8.79. The molecule has 0 bridgehead atoms. The number of ether oxygens (including phenoxy) is 1. The van der Waals surface area contributed by atoms with Crippen molar-refractivity contribution < 1.29 is 4.74 Å². The third-order valence-corrected chi connectivity index (χ3v) is 5.05. The smallest absolute Gasteiger partial charge is 0.0589 e. The minimum Gasteiger partial charge on any atom is -0.383 e. The molecule has 21 heavy (non-hydrogen) atoms. The summed E-state index contributed by atoms with van der Waals surface area (Å²) < 4.78 is 6.47. The van der Waals surface area contributed by atoms with Crippen LogP contribution in [0, 0.1) is 0 Å². The molecule has 2 aliphatic carbocycles. The van der Waals surface area contributed by atoms with Crippen molar-refractivity contribution in [3.8, 4) is 0 Å². The Morgan fingerprint density at radius 2 is 2.10 bits per heavy atom. The van der Waals surface area contributed by atoms with Gasteiger partial charge in [-0.15, -0.1) is 0 Å². The van der Waals surface area contributed by atoms with Crippen LogP contribution in [0.5, 0.6) is 0 Å². The maximum absolute atomic E-state index is 5.24. The summed E-state index contributed by atoms with van der Waals surface area (Å²) in [4.78, 5) is 2.55. The van der Waals surface area contributed by atoms with E-state index in [9.17, 15) is 0 Å². The van der Waals surface area contributed by atoms with Crippen LogP contribution in [0.25, 0.3) is 0 Å². The van der Waals surface area contributed by atoms with E-state index < -0.39 is 0 Å². The molecule has 2 fully saturated rings. The predicted molar refractivity (Wildman–Crippen MR) is 89.3 cm³/mol. The van der Waals surface area contributed by atoms with Gasteiger partial charge in [0.15, 0.2) is 0 Å². The Balaban J connectivity index is 1.57. The highest BCUT2D eigenvalue weighted by Crippen LogP contribution is 2.30. The Labute approximate surface area is 136 Å². The summed E-state index contributed by atoms with van der Waals surface area (Å²) in [6, 6.07) is 8.34. The summed E-state index contributed by atoms with van der Waals surface area (Å²) in [5.41, 5.74) is 2.75. The molecule has 116 valence electrons. The number of methoxy groups -OCH3 is 1. The topological polar surface area (TPSA) is 24.5 Å². The van der Waals surface area contributed by atoms with Gasteiger partial charge < -0.3 is 10.1 Å². The number of hydrogen-bond donors (Lipinski definition) is 1. The molecule has 0 spiro atoms. The fourth-order valence-corrected chi connectivity index (χ4v) is 3.19. The summed E-state index contributed by atoms with van der Waals surface area (Å²) in [7, 11) is 1.78. The van der Waals surface area contributed by atoms with Crippen LogP contribution < -0.4 is 5.32 Å². The molecule has 0 aliphatic heterocycles. The molecule has 0 heterocycles. The Hall–Kier alpha value is -0.420. The lowest BCUT2D eigenvalue weighted by molar-refractivity contribution is 0.139. The summed E-state index contributed by atoms with van der Waals surface area (Å²) in [6.07, 6.45) is 5.36. The molecule has 1 aromatic carbocycles. The second kappa shape index (κ2) is 7.23. The maximum Gasteiger partial charge on any atom is 0.0589 e. The van der Waals surface area contributed by atoms with Crippen molar-refractivity contribution in [3.05, 3.63) is 33.8 Å². The van der Waals surface area contributed by atoms with Crippen LogP contribution in [-0.2, 0) is 17.8 Å². The largest absolute Gasteiger partial charge is 0.383 e. The van der Waals surface area contributed by atoms with Gasteiger partial charge in [0.05, 0.1) is 6.61 Å². The Morgan fingerprint density at radius 3 is 2.71 bits per heavy atom. The van der Waals surface area contributed by atoms with Crippen LogP contribution in [0.15, 0.2) is 22.7 Å². The van der Waals surface area contributed by atoms with Crippen molar-refractivity contribution in [1.82, 2.24) is 10.2 Å². The van der Waals surface area contributed by atoms with Crippen molar-refractivity contribution >= 4 is 15.9 Å². The monoisotopic (exact) mass is 352 g/mol. The molecule has 1 aromatic rings. The Bertz CT molecular complexity index is 472. The Kier molecular flexibility index (Phi) is 5.33. The maximum atomic E-state index is 5.24. The molecule has 0 aromatic heterocycles. The van der Waals surface area contributed by atoms with E-state index in [-0.39, 0.29) is 0 Å². The van der Waals surface area contributed by atoms with Gasteiger partial charge in [-0.25, -0.2) is 0 Å². The van der Waals surface area contributed by atoms with E-state index in [1.807, 2.05) is 0 Å². The SMILES string of the molecule is COCCN(Cc1ccc(CNC2CC2)cc1Br)C1CC1. The molecule has 4 heteroatoms. The number of benzene rings is 1. The van der Waals surface area contributed by atoms with Crippen molar-refractivity contribution in [2.75, 3.05) is 20.3 Å². The van der Waals surface area contributed by atoms with Gasteiger partial charge in [-0.3, -0.25) is 4.90 Å². The predicted octanol–water partition coefficient (Wildman–Crippen LogP) is 3.31. The van der Waals surface area contributed by atoms with E-state index in [1.165, 1.54) is 41.3 Å². The molecule has 0 radical (unpaired) electrons. The van der Waals surface area contributed by atoms with E-state index in [1.54, 1.807) is 7.11 Å². The molecular formula is C17H25BrN2O. The summed E-state index contributed by atoms with van der Waals surface area (Å²) in [6.45, 7) is 3.85. The molecule has 0 unspecified atom stereocenters. The van der Waals surface area contributed by atoms with Crippen molar-refractivity contribution in [2.24, 2.45) is 0 Å². The van der Waals surface area contributed by atoms with E-state index in [4.69, 9.17) is 4.74 Å². The third kappa shape index (κ3) is 4.78. The van der Waals surface area contributed by atoms with Gasteiger partial charge in [0.1, 0.15) is 0 Å². The second-order valence-electron chi connectivity index (χ2n) is 6.28. The van der Waals surface area contributed by atoms with Gasteiger partial charge in [-0.1, -0.05) is 28.1 Å². The standard InChI is InChI=1S/C17H25BrN2O/c1-21-9-8-20(16-6-7-16)12-14-3-2-13(10-17(14)18)11-19-15-4-5-15/h2-3,10,15-16,19H,4-9,11-12H2,1H3. The van der Waals surface area contributed by atoms with Crippen LogP contribution in [0.4, 0.5) is 0 Å². The molecule has 0 amide bonds. The minimum absolute atomic E-state index is 0.767. The van der Waals surface area contributed by atoms with E-state index >= 15 is 0 Å². The summed E-state index contributed by atoms with van der Waals surface area (Å²) in [5.74, 6) is 0.